The van der Waals surface area contributed by atoms with Crippen LogP contribution in [0.2, 0.25) is 20.1 Å². The van der Waals surface area contributed by atoms with Crippen molar-refractivity contribution in [3.05, 3.63) is 55.5 Å². The van der Waals surface area contributed by atoms with Crippen molar-refractivity contribution in [3.8, 4) is 11.5 Å². The van der Waals surface area contributed by atoms with Crippen LogP contribution < -0.4 is 20.4 Å². The predicted octanol–water partition coefficient (Wildman–Crippen LogP) is 4.30. The summed E-state index contributed by atoms with van der Waals surface area (Å²) in [7, 11) is 3.80. The fraction of sp³-hybridized carbons (Fsp3) is 0.538. The molecule has 0 fully saturated rings. The van der Waals surface area contributed by atoms with Gasteiger partial charge in [-0.2, -0.15) is 0 Å². The van der Waals surface area contributed by atoms with Gasteiger partial charge in [-0.25, -0.2) is 0 Å². The van der Waals surface area contributed by atoms with Crippen LogP contribution in [0.25, 0.3) is 0 Å². The van der Waals surface area contributed by atoms with Gasteiger partial charge in [-0.15, -0.1) is 11.2 Å². The SMILES string of the molecule is CC(C)(C)[O-].CC(C)(C)[O-].CN(CCN(C)Cc1cc(Cl)cc(Cl)c1[O-])Cc1cc(Cl)cc(Cl)c1[O-].[Ti+4]. The summed E-state index contributed by atoms with van der Waals surface area (Å²) in [6, 6.07) is 6.15. The second-order valence-electron chi connectivity index (χ2n) is 10.5. The van der Waals surface area contributed by atoms with Crippen LogP contribution in [0.3, 0.4) is 0 Å². The molecule has 2 rings (SSSR count). The Balaban J connectivity index is 0. The van der Waals surface area contributed by atoms with Crippen molar-refractivity contribution < 1.29 is 42.1 Å². The minimum absolute atomic E-state index is 0. The Morgan fingerprint density at radius 3 is 1.11 bits per heavy atom. The molecule has 0 N–H and O–H groups in total. The molecule has 37 heavy (non-hydrogen) atoms. The number of halogens is 4. The second-order valence-corrected chi connectivity index (χ2v) is 12.1. The van der Waals surface area contributed by atoms with Gasteiger partial charge < -0.3 is 30.2 Å². The molecule has 0 amide bonds. The third-order valence-electron chi connectivity index (χ3n) is 3.91. The number of benzene rings is 2. The molecular weight excluding hydrogens is 594 g/mol. The van der Waals surface area contributed by atoms with Crippen LogP contribution >= 0.6 is 46.4 Å². The van der Waals surface area contributed by atoms with E-state index in [1.807, 2.05) is 23.9 Å². The molecular formula is C26H36Cl4N2O4Ti. The van der Waals surface area contributed by atoms with Crippen LogP contribution in [-0.4, -0.2) is 48.2 Å². The van der Waals surface area contributed by atoms with Crippen LogP contribution in [0, 0.1) is 0 Å². The van der Waals surface area contributed by atoms with E-state index in [9.17, 15) is 20.4 Å². The molecule has 0 saturated heterocycles. The van der Waals surface area contributed by atoms with Crippen LogP contribution in [0.1, 0.15) is 52.7 Å². The number of rotatable bonds is 7. The average molecular weight is 630 g/mol. The molecule has 206 valence electrons. The first kappa shape index (κ1) is 38.9. The average Bonchev–Trinajstić information content (AvgIpc) is 2.65. The Labute approximate surface area is 257 Å². The molecule has 6 nitrogen and oxygen atoms in total. The molecule has 11 heteroatoms. The van der Waals surface area contributed by atoms with E-state index in [1.165, 1.54) is 12.1 Å². The van der Waals surface area contributed by atoms with Gasteiger partial charge in [0.05, 0.1) is 0 Å². The molecule has 2 aromatic rings. The summed E-state index contributed by atoms with van der Waals surface area (Å²) in [6.07, 6.45) is 0. The standard InChI is InChI=1S/C18H20Cl4N2O2.2C4H9O.Ti/c1-23(9-11-5-13(19)7-15(21)17(11)25)3-4-24(2)10-12-6-14(20)8-16(22)18(12)26;2*1-4(2,3)5;/h5-8,25-26H,3-4,9-10H2,1-2H3;2*1-3H3;/q;2*-1;+4/p-2. The van der Waals surface area contributed by atoms with E-state index >= 15 is 0 Å². The molecule has 0 aliphatic rings. The van der Waals surface area contributed by atoms with E-state index < -0.39 is 11.2 Å². The summed E-state index contributed by atoms with van der Waals surface area (Å²) in [5.41, 5.74) is -0.396. The third kappa shape index (κ3) is 20.3. The van der Waals surface area contributed by atoms with Crippen LogP contribution in [0.15, 0.2) is 24.3 Å². The van der Waals surface area contributed by atoms with E-state index in [-0.39, 0.29) is 43.3 Å². The maximum atomic E-state index is 12.0. The molecule has 0 aliphatic heterocycles. The molecule has 0 aromatic heterocycles. The topological polar surface area (TPSA) is 98.7 Å². The van der Waals surface area contributed by atoms with Crippen molar-refractivity contribution in [2.75, 3.05) is 27.2 Å². The summed E-state index contributed by atoms with van der Waals surface area (Å²) < 4.78 is 0. The Bertz CT molecular complexity index is 878. The Hall–Kier alpha value is -0.246. The van der Waals surface area contributed by atoms with Crippen molar-refractivity contribution in [1.29, 1.82) is 0 Å². The quantitative estimate of drug-likeness (QED) is 0.424. The van der Waals surface area contributed by atoms with Crippen molar-refractivity contribution in [2.24, 2.45) is 0 Å². The van der Waals surface area contributed by atoms with E-state index in [0.29, 0.717) is 47.4 Å². The minimum atomic E-state index is -0.750. The summed E-state index contributed by atoms with van der Waals surface area (Å²) >= 11 is 23.7. The number of hydrogen-bond acceptors (Lipinski definition) is 6. The smallest absolute Gasteiger partial charge is 0.871 e. The molecule has 0 aliphatic carbocycles. The molecule has 0 unspecified atom stereocenters. The van der Waals surface area contributed by atoms with Gasteiger partial charge in [0.2, 0.25) is 0 Å². The molecule has 0 heterocycles. The maximum Gasteiger partial charge on any atom is 4.00 e. The first-order valence-corrected chi connectivity index (χ1v) is 12.8. The summed E-state index contributed by atoms with van der Waals surface area (Å²) in [6.45, 7) is 12.0. The molecule has 0 radical (unpaired) electrons. The zero-order valence-electron chi connectivity index (χ0n) is 22.7. The zero-order chi connectivity index (χ0) is 28.4. The van der Waals surface area contributed by atoms with Gasteiger partial charge >= 0.3 is 21.7 Å². The Morgan fingerprint density at radius 1 is 0.622 bits per heavy atom. The summed E-state index contributed by atoms with van der Waals surface area (Å²) in [4.78, 5) is 3.98. The van der Waals surface area contributed by atoms with Gasteiger partial charge in [0, 0.05) is 46.3 Å². The van der Waals surface area contributed by atoms with E-state index in [0.717, 1.165) is 0 Å². The number of hydrogen-bond donors (Lipinski definition) is 0. The maximum absolute atomic E-state index is 12.0. The fourth-order valence-electron chi connectivity index (χ4n) is 2.54. The normalized spacial score (nSPS) is 11.4. The monoisotopic (exact) mass is 628 g/mol. The molecule has 2 aromatic carbocycles. The van der Waals surface area contributed by atoms with Crippen molar-refractivity contribution >= 4 is 46.4 Å². The van der Waals surface area contributed by atoms with E-state index in [4.69, 9.17) is 46.4 Å². The fourth-order valence-corrected chi connectivity index (χ4v) is 3.61. The summed E-state index contributed by atoms with van der Waals surface area (Å²) in [5, 5.41) is 45.4. The number of likely N-dealkylation sites (N-methyl/N-ethyl adjacent to an activating group) is 2. The van der Waals surface area contributed by atoms with Crippen LogP contribution in [0.4, 0.5) is 0 Å². The zero-order valence-corrected chi connectivity index (χ0v) is 27.3. The van der Waals surface area contributed by atoms with Crippen molar-refractivity contribution in [2.45, 2.75) is 65.8 Å². The van der Waals surface area contributed by atoms with Gasteiger partial charge in [0.25, 0.3) is 0 Å². The molecule has 0 bridgehead atoms. The largest absolute Gasteiger partial charge is 4.00 e. The minimum Gasteiger partial charge on any atom is -0.871 e. The first-order chi connectivity index (χ1) is 16.2. The van der Waals surface area contributed by atoms with E-state index in [1.54, 1.807) is 53.7 Å². The van der Waals surface area contributed by atoms with Gasteiger partial charge in [0.1, 0.15) is 0 Å². The molecule has 0 atom stereocenters. The Morgan fingerprint density at radius 2 is 0.865 bits per heavy atom. The van der Waals surface area contributed by atoms with Gasteiger partial charge in [0.15, 0.2) is 0 Å². The third-order valence-corrected chi connectivity index (χ3v) is 4.91. The number of nitrogens with zero attached hydrogens (tertiary/aromatic N) is 2. The second kappa shape index (κ2) is 17.4. The van der Waals surface area contributed by atoms with Gasteiger partial charge in [-0.3, -0.25) is 0 Å². The Kier molecular flexibility index (Phi) is 18.3. The van der Waals surface area contributed by atoms with Gasteiger partial charge in [-0.05, 0) is 49.5 Å². The van der Waals surface area contributed by atoms with E-state index in [2.05, 4.69) is 0 Å². The van der Waals surface area contributed by atoms with Crippen LogP contribution in [0.5, 0.6) is 11.5 Å². The van der Waals surface area contributed by atoms with Crippen molar-refractivity contribution in [1.82, 2.24) is 9.80 Å². The van der Waals surface area contributed by atoms with Crippen molar-refractivity contribution in [3.63, 3.8) is 0 Å². The first-order valence-electron chi connectivity index (χ1n) is 11.2. The predicted molar refractivity (Wildman–Crippen MR) is 144 cm³/mol. The summed E-state index contributed by atoms with van der Waals surface area (Å²) in [5.74, 6) is -0.415. The van der Waals surface area contributed by atoms with Crippen LogP contribution in [-0.2, 0) is 34.8 Å². The molecule has 0 saturated carbocycles. The van der Waals surface area contributed by atoms with Gasteiger partial charge in [-0.1, -0.05) is 99.4 Å². The molecule has 0 spiro atoms.